The summed E-state index contributed by atoms with van der Waals surface area (Å²) in [5.41, 5.74) is 0.425. The minimum absolute atomic E-state index is 0.425. The van der Waals surface area contributed by atoms with Gasteiger partial charge in [0.2, 0.25) is 0 Å². The van der Waals surface area contributed by atoms with Crippen molar-refractivity contribution in [2.45, 2.75) is 26.7 Å². The van der Waals surface area contributed by atoms with Crippen LogP contribution in [0.5, 0.6) is 0 Å². The zero-order chi connectivity index (χ0) is 6.04. The van der Waals surface area contributed by atoms with E-state index in [1.54, 1.807) is 0 Å². The lowest BCUT2D eigenvalue weighted by Crippen LogP contribution is -2.22. The Labute approximate surface area is 51.0 Å². The van der Waals surface area contributed by atoms with Crippen LogP contribution in [-0.2, 0) is 4.74 Å². The Morgan fingerprint density at radius 1 is 1.50 bits per heavy atom. The minimum atomic E-state index is 0.425. The second-order valence-electron chi connectivity index (χ2n) is 3.18. The fraction of sp³-hybridized carbons (Fsp3) is 0.857. The minimum Gasteiger partial charge on any atom is -0.375 e. The maximum Gasteiger partial charge on any atom is 0.0837 e. The molecule has 1 aliphatic heterocycles. The molecule has 1 aliphatic rings. The predicted molar refractivity (Wildman–Crippen MR) is 33.3 cm³/mol. The predicted octanol–water partition coefficient (Wildman–Crippen LogP) is 1.98. The van der Waals surface area contributed by atoms with Crippen LogP contribution >= 0.6 is 0 Å². The molecule has 1 saturated heterocycles. The molecule has 1 rings (SSSR count). The molecule has 0 atom stereocenters. The monoisotopic (exact) mass is 113 g/mol. The Balaban J connectivity index is 2.33. The highest BCUT2D eigenvalue weighted by Crippen LogP contribution is 2.27. The van der Waals surface area contributed by atoms with Gasteiger partial charge in [-0.3, -0.25) is 0 Å². The van der Waals surface area contributed by atoms with Crippen molar-refractivity contribution in [3.05, 3.63) is 6.61 Å². The quantitative estimate of drug-likeness (QED) is 0.466. The highest BCUT2D eigenvalue weighted by Gasteiger charge is 2.21. The Morgan fingerprint density at radius 3 is 2.50 bits per heavy atom. The lowest BCUT2D eigenvalue weighted by atomic mass is 9.87. The van der Waals surface area contributed by atoms with E-state index >= 15 is 0 Å². The largest absolute Gasteiger partial charge is 0.375 e. The third-order valence-corrected chi connectivity index (χ3v) is 1.53. The zero-order valence-corrected chi connectivity index (χ0v) is 5.61. The highest BCUT2D eigenvalue weighted by molar-refractivity contribution is 4.74. The van der Waals surface area contributed by atoms with E-state index < -0.39 is 0 Å². The first-order valence-corrected chi connectivity index (χ1v) is 3.14. The smallest absolute Gasteiger partial charge is 0.0837 e. The van der Waals surface area contributed by atoms with Gasteiger partial charge in [0.1, 0.15) is 0 Å². The van der Waals surface area contributed by atoms with E-state index in [2.05, 4.69) is 13.8 Å². The molecule has 1 fully saturated rings. The van der Waals surface area contributed by atoms with Gasteiger partial charge < -0.3 is 4.74 Å². The molecule has 8 heavy (non-hydrogen) atoms. The van der Waals surface area contributed by atoms with Gasteiger partial charge in [-0.05, 0) is 18.3 Å². The normalized spacial score (nSPS) is 27.8. The van der Waals surface area contributed by atoms with E-state index in [1.165, 1.54) is 6.42 Å². The Kier molecular flexibility index (Phi) is 1.57. The van der Waals surface area contributed by atoms with Crippen LogP contribution < -0.4 is 0 Å². The van der Waals surface area contributed by atoms with Crippen LogP contribution in [-0.4, -0.2) is 6.61 Å². The van der Waals surface area contributed by atoms with E-state index in [0.717, 1.165) is 13.0 Å². The molecule has 1 radical (unpaired) electrons. The first-order chi connectivity index (χ1) is 3.71. The average molecular weight is 113 g/mol. The molecule has 0 amide bonds. The molecule has 1 heteroatoms. The second kappa shape index (κ2) is 2.06. The van der Waals surface area contributed by atoms with Gasteiger partial charge in [0.05, 0.1) is 13.2 Å². The summed E-state index contributed by atoms with van der Waals surface area (Å²) < 4.78 is 5.16. The van der Waals surface area contributed by atoms with Crippen LogP contribution in [0.25, 0.3) is 0 Å². The number of hydrogen-bond acceptors (Lipinski definition) is 1. The van der Waals surface area contributed by atoms with Crippen molar-refractivity contribution in [1.29, 1.82) is 0 Å². The topological polar surface area (TPSA) is 9.23 Å². The van der Waals surface area contributed by atoms with Crippen LogP contribution in [0.3, 0.4) is 0 Å². The van der Waals surface area contributed by atoms with E-state index in [1.807, 2.05) is 6.61 Å². The summed E-state index contributed by atoms with van der Waals surface area (Å²) in [6.45, 7) is 7.28. The lowest BCUT2D eigenvalue weighted by Gasteiger charge is -2.28. The molecule has 0 N–H and O–H groups in total. The number of rotatable bonds is 0. The first-order valence-electron chi connectivity index (χ1n) is 3.14. The van der Waals surface area contributed by atoms with Crippen LogP contribution in [0.15, 0.2) is 0 Å². The molecule has 0 aromatic carbocycles. The molecule has 0 aromatic rings. The fourth-order valence-electron chi connectivity index (χ4n) is 0.890. The summed E-state index contributed by atoms with van der Waals surface area (Å²) in [5.74, 6) is 0. The van der Waals surface area contributed by atoms with Crippen LogP contribution in [0, 0.1) is 12.0 Å². The third kappa shape index (κ3) is 1.48. The van der Waals surface area contributed by atoms with Crippen molar-refractivity contribution in [2.24, 2.45) is 5.41 Å². The molecule has 0 aliphatic carbocycles. The SMILES string of the molecule is CC1(C)CC[CH]OC1. The van der Waals surface area contributed by atoms with Crippen LogP contribution in [0.2, 0.25) is 0 Å². The molecule has 0 saturated carbocycles. The number of hydrogen-bond donors (Lipinski definition) is 0. The van der Waals surface area contributed by atoms with E-state index in [-0.39, 0.29) is 0 Å². The second-order valence-corrected chi connectivity index (χ2v) is 3.18. The Morgan fingerprint density at radius 2 is 2.25 bits per heavy atom. The molecule has 1 heterocycles. The van der Waals surface area contributed by atoms with Gasteiger partial charge >= 0.3 is 0 Å². The number of ether oxygens (including phenoxy) is 1. The Hall–Kier alpha value is -0.0400. The molecular formula is C7H13O. The summed E-state index contributed by atoms with van der Waals surface area (Å²) in [6, 6.07) is 0. The summed E-state index contributed by atoms with van der Waals surface area (Å²) in [7, 11) is 0. The lowest BCUT2D eigenvalue weighted by molar-refractivity contribution is 0.0558. The summed E-state index contributed by atoms with van der Waals surface area (Å²) in [4.78, 5) is 0. The van der Waals surface area contributed by atoms with Gasteiger partial charge in [-0.1, -0.05) is 13.8 Å². The third-order valence-electron chi connectivity index (χ3n) is 1.53. The molecule has 1 nitrogen and oxygen atoms in total. The molecule has 0 spiro atoms. The van der Waals surface area contributed by atoms with Gasteiger partial charge in [0, 0.05) is 0 Å². The van der Waals surface area contributed by atoms with Gasteiger partial charge in [-0.15, -0.1) is 0 Å². The van der Waals surface area contributed by atoms with Crippen molar-refractivity contribution in [1.82, 2.24) is 0 Å². The van der Waals surface area contributed by atoms with E-state index in [4.69, 9.17) is 4.74 Å². The van der Waals surface area contributed by atoms with Gasteiger partial charge in [-0.2, -0.15) is 0 Å². The standard InChI is InChI=1S/C7H13O/c1-7(2)4-3-5-8-6-7/h5H,3-4,6H2,1-2H3. The maximum atomic E-state index is 5.16. The maximum absolute atomic E-state index is 5.16. The van der Waals surface area contributed by atoms with Crippen molar-refractivity contribution < 1.29 is 4.74 Å². The Bertz CT molecular complexity index is 68.5. The van der Waals surface area contributed by atoms with E-state index in [9.17, 15) is 0 Å². The van der Waals surface area contributed by atoms with Crippen LogP contribution in [0.4, 0.5) is 0 Å². The highest BCUT2D eigenvalue weighted by atomic mass is 16.5. The summed E-state index contributed by atoms with van der Waals surface area (Å²) >= 11 is 0. The summed E-state index contributed by atoms with van der Waals surface area (Å²) in [5, 5.41) is 0. The molecule has 0 unspecified atom stereocenters. The van der Waals surface area contributed by atoms with Crippen molar-refractivity contribution in [2.75, 3.05) is 6.61 Å². The average Bonchev–Trinajstić information content (AvgIpc) is 1.65. The van der Waals surface area contributed by atoms with Crippen LogP contribution in [0.1, 0.15) is 26.7 Å². The zero-order valence-electron chi connectivity index (χ0n) is 5.61. The van der Waals surface area contributed by atoms with Crippen molar-refractivity contribution in [3.8, 4) is 0 Å². The van der Waals surface area contributed by atoms with Gasteiger partial charge in [0.15, 0.2) is 0 Å². The molecule has 0 aromatic heterocycles. The van der Waals surface area contributed by atoms with Gasteiger partial charge in [-0.25, -0.2) is 0 Å². The fourth-order valence-corrected chi connectivity index (χ4v) is 0.890. The van der Waals surface area contributed by atoms with Gasteiger partial charge in [0.25, 0.3) is 0 Å². The van der Waals surface area contributed by atoms with Crippen molar-refractivity contribution >= 4 is 0 Å². The first kappa shape index (κ1) is 6.09. The molecule has 0 bridgehead atoms. The molecule has 47 valence electrons. The molecular weight excluding hydrogens is 100 g/mol. The summed E-state index contributed by atoms with van der Waals surface area (Å²) in [6.07, 6.45) is 2.39. The van der Waals surface area contributed by atoms with Crippen molar-refractivity contribution in [3.63, 3.8) is 0 Å². The van der Waals surface area contributed by atoms with E-state index in [0.29, 0.717) is 5.41 Å².